The molecule has 2 nitrogen and oxygen atoms in total. The SMILES string of the molecule is [B]C1CC(=O)CC(C)N1. The molecule has 9 heavy (non-hydrogen) atoms. The molecule has 2 unspecified atom stereocenters. The number of rotatable bonds is 0. The highest BCUT2D eigenvalue weighted by molar-refractivity contribution is 6.13. The van der Waals surface area contributed by atoms with Crippen LogP contribution in [0, 0.1) is 0 Å². The fourth-order valence-corrected chi connectivity index (χ4v) is 1.15. The van der Waals surface area contributed by atoms with E-state index in [1.165, 1.54) is 0 Å². The van der Waals surface area contributed by atoms with Crippen molar-refractivity contribution in [2.75, 3.05) is 0 Å². The first-order valence-corrected chi connectivity index (χ1v) is 3.22. The minimum atomic E-state index is -0.110. The summed E-state index contributed by atoms with van der Waals surface area (Å²) in [5.41, 5.74) is 0. The van der Waals surface area contributed by atoms with Crippen LogP contribution >= 0.6 is 0 Å². The summed E-state index contributed by atoms with van der Waals surface area (Å²) in [6, 6.07) is 0.265. The predicted octanol–water partition coefficient (Wildman–Crippen LogP) is -0.178. The Balaban J connectivity index is 2.43. The molecule has 1 N–H and O–H groups in total. The standard InChI is InChI=1S/C6H10BNO/c1-4-2-5(9)3-6(7)8-4/h4,6,8H,2-3H2,1H3. The van der Waals surface area contributed by atoms with Gasteiger partial charge in [0.1, 0.15) is 5.78 Å². The number of piperidine rings is 1. The molecule has 0 saturated carbocycles. The fourth-order valence-electron chi connectivity index (χ4n) is 1.15. The van der Waals surface area contributed by atoms with Gasteiger partial charge in [-0.05, 0) is 12.9 Å². The third-order valence-corrected chi connectivity index (χ3v) is 1.48. The molecule has 0 amide bonds. The smallest absolute Gasteiger partial charge is 0.135 e. The van der Waals surface area contributed by atoms with Crippen LogP contribution in [0.1, 0.15) is 19.8 Å². The summed E-state index contributed by atoms with van der Waals surface area (Å²) in [5, 5.41) is 3.07. The molecular formula is C6H10BNO. The van der Waals surface area contributed by atoms with Crippen LogP contribution in [0.3, 0.4) is 0 Å². The molecule has 48 valence electrons. The molecule has 0 spiro atoms. The summed E-state index contributed by atoms with van der Waals surface area (Å²) >= 11 is 0. The molecule has 3 heteroatoms. The van der Waals surface area contributed by atoms with Gasteiger partial charge in [0.2, 0.25) is 0 Å². The van der Waals surface area contributed by atoms with Crippen molar-refractivity contribution < 1.29 is 4.79 Å². The molecule has 0 aromatic heterocycles. The number of carbonyl (C=O) groups is 1. The lowest BCUT2D eigenvalue weighted by Gasteiger charge is -2.24. The van der Waals surface area contributed by atoms with Gasteiger partial charge in [0, 0.05) is 18.9 Å². The van der Waals surface area contributed by atoms with Gasteiger partial charge >= 0.3 is 0 Å². The van der Waals surface area contributed by atoms with Crippen LogP contribution in [0.4, 0.5) is 0 Å². The van der Waals surface area contributed by atoms with E-state index in [1.54, 1.807) is 0 Å². The minimum absolute atomic E-state index is 0.110. The summed E-state index contributed by atoms with van der Waals surface area (Å²) in [4.78, 5) is 10.8. The highest BCUT2D eigenvalue weighted by atomic mass is 16.1. The van der Waals surface area contributed by atoms with Crippen molar-refractivity contribution in [2.24, 2.45) is 0 Å². The average molecular weight is 123 g/mol. The van der Waals surface area contributed by atoms with Gasteiger partial charge in [-0.1, -0.05) is 0 Å². The summed E-state index contributed by atoms with van der Waals surface area (Å²) in [5.74, 6) is 0.162. The van der Waals surface area contributed by atoms with E-state index in [1.807, 2.05) is 6.92 Å². The van der Waals surface area contributed by atoms with E-state index in [9.17, 15) is 4.79 Å². The molecule has 0 aromatic rings. The van der Waals surface area contributed by atoms with E-state index >= 15 is 0 Å². The van der Waals surface area contributed by atoms with E-state index in [-0.39, 0.29) is 17.8 Å². The number of ketones is 1. The highest BCUT2D eigenvalue weighted by Gasteiger charge is 2.19. The van der Waals surface area contributed by atoms with Gasteiger partial charge in [-0.3, -0.25) is 4.79 Å². The molecule has 0 aromatic carbocycles. The number of hydrogen-bond donors (Lipinski definition) is 1. The lowest BCUT2D eigenvalue weighted by molar-refractivity contribution is -0.120. The van der Waals surface area contributed by atoms with Crippen LogP contribution in [-0.2, 0) is 4.79 Å². The third kappa shape index (κ3) is 1.82. The second kappa shape index (κ2) is 2.52. The van der Waals surface area contributed by atoms with Gasteiger partial charge in [-0.15, -0.1) is 0 Å². The highest BCUT2D eigenvalue weighted by Crippen LogP contribution is 2.05. The van der Waals surface area contributed by atoms with Gasteiger partial charge in [-0.25, -0.2) is 0 Å². The maximum absolute atomic E-state index is 10.8. The first-order valence-electron chi connectivity index (χ1n) is 3.22. The van der Waals surface area contributed by atoms with Gasteiger partial charge in [0.05, 0.1) is 7.85 Å². The largest absolute Gasteiger partial charge is 0.319 e. The van der Waals surface area contributed by atoms with Gasteiger partial charge in [0.25, 0.3) is 0 Å². The van der Waals surface area contributed by atoms with E-state index in [4.69, 9.17) is 7.85 Å². The van der Waals surface area contributed by atoms with Crippen molar-refractivity contribution in [3.05, 3.63) is 0 Å². The molecule has 1 aliphatic heterocycles. The van der Waals surface area contributed by atoms with E-state index in [0.717, 1.165) is 0 Å². The zero-order valence-electron chi connectivity index (χ0n) is 5.55. The maximum Gasteiger partial charge on any atom is 0.135 e. The first kappa shape index (κ1) is 6.81. The Morgan fingerprint density at radius 2 is 2.33 bits per heavy atom. The Hall–Kier alpha value is -0.305. The third-order valence-electron chi connectivity index (χ3n) is 1.48. The second-order valence-electron chi connectivity index (χ2n) is 2.62. The average Bonchev–Trinajstić information content (AvgIpc) is 1.59. The van der Waals surface area contributed by atoms with Gasteiger partial charge in [0.15, 0.2) is 0 Å². The maximum atomic E-state index is 10.8. The topological polar surface area (TPSA) is 29.1 Å². The number of Topliss-reactive ketones (excluding diaryl/α,β-unsaturated/α-hetero) is 1. The fraction of sp³-hybridized carbons (Fsp3) is 0.833. The molecule has 1 aliphatic rings. The zero-order valence-corrected chi connectivity index (χ0v) is 5.55. The Bertz CT molecular complexity index is 114. The van der Waals surface area contributed by atoms with Crippen molar-refractivity contribution in [1.29, 1.82) is 0 Å². The summed E-state index contributed by atoms with van der Waals surface area (Å²) < 4.78 is 0. The molecular weight excluding hydrogens is 113 g/mol. The van der Waals surface area contributed by atoms with Crippen molar-refractivity contribution in [1.82, 2.24) is 5.32 Å². The van der Waals surface area contributed by atoms with Crippen LogP contribution in [0.15, 0.2) is 0 Å². The van der Waals surface area contributed by atoms with Gasteiger partial charge < -0.3 is 5.32 Å². The Kier molecular flexibility index (Phi) is 1.91. The number of carbonyl (C=O) groups excluding carboxylic acids is 1. The van der Waals surface area contributed by atoms with Crippen LogP contribution in [0.25, 0.3) is 0 Å². The zero-order chi connectivity index (χ0) is 6.85. The molecule has 1 heterocycles. The quantitative estimate of drug-likeness (QED) is 0.452. The number of hydrogen-bond acceptors (Lipinski definition) is 2. The first-order chi connectivity index (χ1) is 4.18. The van der Waals surface area contributed by atoms with E-state index < -0.39 is 0 Å². The van der Waals surface area contributed by atoms with Crippen LogP contribution < -0.4 is 5.32 Å². The van der Waals surface area contributed by atoms with Crippen molar-refractivity contribution >= 4 is 13.6 Å². The lowest BCUT2D eigenvalue weighted by Crippen LogP contribution is -2.44. The monoisotopic (exact) mass is 123 g/mol. The van der Waals surface area contributed by atoms with Crippen molar-refractivity contribution in [3.63, 3.8) is 0 Å². The summed E-state index contributed by atoms with van der Waals surface area (Å²) in [7, 11) is 5.48. The Morgan fingerprint density at radius 3 is 2.78 bits per heavy atom. The molecule has 1 saturated heterocycles. The minimum Gasteiger partial charge on any atom is -0.319 e. The molecule has 0 aliphatic carbocycles. The molecule has 0 bridgehead atoms. The number of nitrogens with one attached hydrogen (secondary N) is 1. The van der Waals surface area contributed by atoms with Crippen molar-refractivity contribution in [3.8, 4) is 0 Å². The van der Waals surface area contributed by atoms with Crippen molar-refractivity contribution in [2.45, 2.75) is 31.7 Å². The van der Waals surface area contributed by atoms with Crippen LogP contribution in [-0.4, -0.2) is 25.6 Å². The Morgan fingerprint density at radius 1 is 1.67 bits per heavy atom. The summed E-state index contributed by atoms with van der Waals surface area (Å²) in [6.07, 6.45) is 1.12. The van der Waals surface area contributed by atoms with Crippen LogP contribution in [0.5, 0.6) is 0 Å². The Labute approximate surface area is 56.4 Å². The van der Waals surface area contributed by atoms with E-state index in [0.29, 0.717) is 12.8 Å². The molecule has 1 rings (SSSR count). The molecule has 2 radical (unpaired) electrons. The molecule has 1 fully saturated rings. The van der Waals surface area contributed by atoms with Gasteiger partial charge in [-0.2, -0.15) is 0 Å². The summed E-state index contributed by atoms with van der Waals surface area (Å²) in [6.45, 7) is 1.97. The normalized spacial score (nSPS) is 36.8. The molecule has 2 atom stereocenters. The second-order valence-corrected chi connectivity index (χ2v) is 2.62. The predicted molar refractivity (Wildman–Crippen MR) is 36.4 cm³/mol. The van der Waals surface area contributed by atoms with Crippen LogP contribution in [0.2, 0.25) is 0 Å². The lowest BCUT2D eigenvalue weighted by atomic mass is 9.85. The van der Waals surface area contributed by atoms with E-state index in [2.05, 4.69) is 5.32 Å².